The summed E-state index contributed by atoms with van der Waals surface area (Å²) in [5.41, 5.74) is 0. The van der Waals surface area contributed by atoms with Crippen LogP contribution in [0.25, 0.3) is 0 Å². The van der Waals surface area contributed by atoms with E-state index in [-0.39, 0.29) is 11.9 Å². The number of carbonyl (C=O) groups is 1. The Balaban J connectivity index is 3.15. The highest BCUT2D eigenvalue weighted by molar-refractivity contribution is 5.76. The number of nitrogens with one attached hydrogen (secondary N) is 1. The Morgan fingerprint density at radius 1 is 1.07 bits per heavy atom. The molecule has 0 radical (unpaired) electrons. The van der Waals surface area contributed by atoms with Crippen molar-refractivity contribution in [3.05, 3.63) is 0 Å². The van der Waals surface area contributed by atoms with Gasteiger partial charge in [0.05, 0.1) is 0 Å². The monoisotopic (exact) mass is 199 g/mol. The molecule has 0 rings (SSSR count). The highest BCUT2D eigenvalue weighted by Gasteiger charge is 2.01. The molecule has 14 heavy (non-hydrogen) atoms. The maximum absolute atomic E-state index is 11.2. The van der Waals surface area contributed by atoms with Crippen molar-refractivity contribution < 1.29 is 4.79 Å². The summed E-state index contributed by atoms with van der Waals surface area (Å²) in [6.45, 7) is 6.22. The normalized spacial score (nSPS) is 10.6. The van der Waals surface area contributed by atoms with Crippen LogP contribution in [-0.4, -0.2) is 11.9 Å². The Bertz CT molecular complexity index is 143. The number of amides is 1. The van der Waals surface area contributed by atoms with Gasteiger partial charge in [-0.1, -0.05) is 39.0 Å². The first-order valence-corrected chi connectivity index (χ1v) is 5.96. The van der Waals surface area contributed by atoms with E-state index in [1.807, 2.05) is 13.8 Å². The molecule has 0 atom stereocenters. The van der Waals surface area contributed by atoms with Crippen molar-refractivity contribution in [3.63, 3.8) is 0 Å². The first kappa shape index (κ1) is 13.5. The molecule has 0 fully saturated rings. The zero-order chi connectivity index (χ0) is 10.8. The molecule has 1 amide bonds. The summed E-state index contributed by atoms with van der Waals surface area (Å²) in [6, 6.07) is 0.280. The van der Waals surface area contributed by atoms with Gasteiger partial charge in [0.15, 0.2) is 0 Å². The van der Waals surface area contributed by atoms with Crippen LogP contribution in [0.5, 0.6) is 0 Å². The van der Waals surface area contributed by atoms with Gasteiger partial charge in [0.2, 0.25) is 5.91 Å². The number of hydrogen-bond donors (Lipinski definition) is 1. The lowest BCUT2D eigenvalue weighted by Gasteiger charge is -2.07. The van der Waals surface area contributed by atoms with Crippen molar-refractivity contribution in [2.45, 2.75) is 71.8 Å². The molecule has 0 aromatic carbocycles. The lowest BCUT2D eigenvalue weighted by Crippen LogP contribution is -2.29. The van der Waals surface area contributed by atoms with Gasteiger partial charge in [-0.05, 0) is 20.3 Å². The van der Waals surface area contributed by atoms with Crippen LogP contribution < -0.4 is 5.32 Å². The summed E-state index contributed by atoms with van der Waals surface area (Å²) in [6.07, 6.45) is 8.16. The third kappa shape index (κ3) is 9.56. The van der Waals surface area contributed by atoms with Crippen molar-refractivity contribution in [3.8, 4) is 0 Å². The highest BCUT2D eigenvalue weighted by Crippen LogP contribution is 2.06. The molecular formula is C12H25NO. The predicted molar refractivity (Wildman–Crippen MR) is 61.3 cm³/mol. The second kappa shape index (κ2) is 9.04. The number of hydrogen-bond acceptors (Lipinski definition) is 1. The summed E-state index contributed by atoms with van der Waals surface area (Å²) < 4.78 is 0. The van der Waals surface area contributed by atoms with E-state index in [9.17, 15) is 4.79 Å². The third-order valence-electron chi connectivity index (χ3n) is 2.21. The summed E-state index contributed by atoms with van der Waals surface area (Å²) >= 11 is 0. The predicted octanol–water partition coefficient (Wildman–Crippen LogP) is 3.26. The molecule has 0 saturated heterocycles. The average Bonchev–Trinajstić information content (AvgIpc) is 2.10. The van der Waals surface area contributed by atoms with Crippen LogP contribution in [0.3, 0.4) is 0 Å². The topological polar surface area (TPSA) is 29.1 Å². The molecule has 1 N–H and O–H groups in total. The smallest absolute Gasteiger partial charge is 0.220 e. The van der Waals surface area contributed by atoms with Crippen molar-refractivity contribution in [2.24, 2.45) is 0 Å². The van der Waals surface area contributed by atoms with E-state index in [2.05, 4.69) is 12.2 Å². The Labute approximate surface area is 88.5 Å². The fourth-order valence-electron chi connectivity index (χ4n) is 1.46. The van der Waals surface area contributed by atoms with Crippen LogP contribution in [0.4, 0.5) is 0 Å². The summed E-state index contributed by atoms with van der Waals surface area (Å²) in [5.74, 6) is 0.204. The largest absolute Gasteiger partial charge is 0.354 e. The third-order valence-corrected chi connectivity index (χ3v) is 2.21. The quantitative estimate of drug-likeness (QED) is 0.597. The molecule has 0 bridgehead atoms. The van der Waals surface area contributed by atoms with Gasteiger partial charge >= 0.3 is 0 Å². The molecule has 0 spiro atoms. The van der Waals surface area contributed by atoms with E-state index in [1.54, 1.807) is 0 Å². The molecule has 0 aliphatic carbocycles. The summed E-state index contributed by atoms with van der Waals surface area (Å²) in [5, 5.41) is 2.91. The Hall–Kier alpha value is -0.530. The van der Waals surface area contributed by atoms with Crippen LogP contribution >= 0.6 is 0 Å². The van der Waals surface area contributed by atoms with Gasteiger partial charge in [0.1, 0.15) is 0 Å². The minimum atomic E-state index is 0.204. The minimum Gasteiger partial charge on any atom is -0.354 e. The lowest BCUT2D eigenvalue weighted by atomic mass is 10.1. The fourth-order valence-corrected chi connectivity index (χ4v) is 1.46. The van der Waals surface area contributed by atoms with Crippen LogP contribution in [-0.2, 0) is 4.79 Å². The Morgan fingerprint density at radius 3 is 2.21 bits per heavy atom. The molecule has 0 aliphatic rings. The maximum atomic E-state index is 11.2. The van der Waals surface area contributed by atoms with Crippen molar-refractivity contribution >= 4 is 5.91 Å². The molecule has 0 aromatic rings. The molecule has 0 aliphatic heterocycles. The molecule has 0 heterocycles. The SMILES string of the molecule is CCCCCCCCC(=O)NC(C)C. The first-order valence-electron chi connectivity index (χ1n) is 5.96. The molecule has 0 aromatic heterocycles. The Morgan fingerprint density at radius 2 is 1.64 bits per heavy atom. The van der Waals surface area contributed by atoms with E-state index in [4.69, 9.17) is 0 Å². The van der Waals surface area contributed by atoms with Crippen LogP contribution in [0, 0.1) is 0 Å². The van der Waals surface area contributed by atoms with Crippen LogP contribution in [0.15, 0.2) is 0 Å². The fraction of sp³-hybridized carbons (Fsp3) is 0.917. The Kier molecular flexibility index (Phi) is 8.70. The number of carbonyl (C=O) groups excluding carboxylic acids is 1. The van der Waals surface area contributed by atoms with Gasteiger partial charge in [-0.25, -0.2) is 0 Å². The minimum absolute atomic E-state index is 0.204. The average molecular weight is 199 g/mol. The second-order valence-corrected chi connectivity index (χ2v) is 4.24. The summed E-state index contributed by atoms with van der Waals surface area (Å²) in [4.78, 5) is 11.2. The van der Waals surface area contributed by atoms with Gasteiger partial charge in [0, 0.05) is 12.5 Å². The van der Waals surface area contributed by atoms with Crippen molar-refractivity contribution in [2.75, 3.05) is 0 Å². The molecular weight excluding hydrogens is 174 g/mol. The van der Waals surface area contributed by atoms with E-state index >= 15 is 0 Å². The standard InChI is InChI=1S/C12H25NO/c1-4-5-6-7-8-9-10-12(14)13-11(2)3/h11H,4-10H2,1-3H3,(H,13,14). The summed E-state index contributed by atoms with van der Waals surface area (Å²) in [7, 11) is 0. The molecule has 0 unspecified atom stereocenters. The second-order valence-electron chi connectivity index (χ2n) is 4.24. The van der Waals surface area contributed by atoms with E-state index in [1.165, 1.54) is 32.1 Å². The lowest BCUT2D eigenvalue weighted by molar-refractivity contribution is -0.121. The van der Waals surface area contributed by atoms with Crippen LogP contribution in [0.1, 0.15) is 65.7 Å². The number of rotatable bonds is 8. The van der Waals surface area contributed by atoms with Gasteiger partial charge in [0.25, 0.3) is 0 Å². The highest BCUT2D eigenvalue weighted by atomic mass is 16.1. The van der Waals surface area contributed by atoms with E-state index in [0.29, 0.717) is 6.42 Å². The molecule has 2 heteroatoms. The van der Waals surface area contributed by atoms with Gasteiger partial charge in [-0.3, -0.25) is 4.79 Å². The van der Waals surface area contributed by atoms with E-state index < -0.39 is 0 Å². The van der Waals surface area contributed by atoms with Gasteiger partial charge in [-0.2, -0.15) is 0 Å². The zero-order valence-corrected chi connectivity index (χ0v) is 9.94. The first-order chi connectivity index (χ1) is 6.66. The number of unbranched alkanes of at least 4 members (excludes halogenated alkanes) is 5. The van der Waals surface area contributed by atoms with Gasteiger partial charge in [-0.15, -0.1) is 0 Å². The maximum Gasteiger partial charge on any atom is 0.220 e. The zero-order valence-electron chi connectivity index (χ0n) is 9.94. The molecule has 84 valence electrons. The van der Waals surface area contributed by atoms with Crippen molar-refractivity contribution in [1.29, 1.82) is 0 Å². The molecule has 2 nitrogen and oxygen atoms in total. The van der Waals surface area contributed by atoms with Crippen molar-refractivity contribution in [1.82, 2.24) is 5.32 Å². The van der Waals surface area contributed by atoms with Crippen LogP contribution in [0.2, 0.25) is 0 Å². The van der Waals surface area contributed by atoms with Gasteiger partial charge < -0.3 is 5.32 Å². The molecule has 0 saturated carbocycles. The van der Waals surface area contributed by atoms with E-state index in [0.717, 1.165) is 6.42 Å².